The summed E-state index contributed by atoms with van der Waals surface area (Å²) in [6, 6.07) is 11.2. The molecule has 0 aliphatic carbocycles. The lowest BCUT2D eigenvalue weighted by Gasteiger charge is -2.18. The monoisotopic (exact) mass is 374 g/mol. The van der Waals surface area contributed by atoms with Crippen LogP contribution in [0.4, 0.5) is 5.13 Å². The Balaban J connectivity index is 1.82. The Morgan fingerprint density at radius 3 is 2.48 bits per heavy atom. The van der Waals surface area contributed by atoms with Gasteiger partial charge in [0, 0.05) is 11.6 Å². The Labute approximate surface area is 155 Å². The van der Waals surface area contributed by atoms with Gasteiger partial charge < -0.3 is 4.74 Å². The fourth-order valence-electron chi connectivity index (χ4n) is 2.43. The molecular weight excluding hydrogens is 356 g/mol. The lowest BCUT2D eigenvalue weighted by Crippen LogP contribution is -2.14. The number of benzene rings is 2. The van der Waals surface area contributed by atoms with E-state index in [9.17, 15) is 4.79 Å². The molecule has 0 spiro atoms. The molecule has 0 fully saturated rings. The van der Waals surface area contributed by atoms with E-state index in [-0.39, 0.29) is 11.3 Å². The van der Waals surface area contributed by atoms with Crippen LogP contribution < -0.4 is 10.1 Å². The third-order valence-electron chi connectivity index (χ3n) is 3.90. The molecule has 3 rings (SSSR count). The van der Waals surface area contributed by atoms with Gasteiger partial charge in [0.05, 0.1) is 22.3 Å². The quantitative estimate of drug-likeness (QED) is 0.657. The molecule has 1 heterocycles. The predicted molar refractivity (Wildman–Crippen MR) is 104 cm³/mol. The summed E-state index contributed by atoms with van der Waals surface area (Å²) in [5.74, 6) is 0.408. The molecule has 0 aliphatic rings. The van der Waals surface area contributed by atoms with Crippen LogP contribution in [0, 0.1) is 0 Å². The number of hydrogen-bond acceptors (Lipinski definition) is 4. The summed E-state index contributed by atoms with van der Waals surface area (Å²) < 4.78 is 6.11. The van der Waals surface area contributed by atoms with E-state index in [1.807, 2.05) is 30.3 Å². The standard InChI is InChI=1S/C19H19ClN2O2S/c1-19(2,3)12-7-5-11(6-8-12)17(23)22-18-21-14-9-13(20)15(24-4)10-16(14)25-18/h5-10H,1-4H3,(H,21,22,23). The van der Waals surface area contributed by atoms with E-state index in [0.717, 1.165) is 10.2 Å². The van der Waals surface area contributed by atoms with Crippen molar-refractivity contribution in [3.63, 3.8) is 0 Å². The predicted octanol–water partition coefficient (Wildman–Crippen LogP) is 5.51. The van der Waals surface area contributed by atoms with Crippen molar-refractivity contribution in [2.45, 2.75) is 26.2 Å². The van der Waals surface area contributed by atoms with Crippen molar-refractivity contribution in [3.8, 4) is 5.75 Å². The molecule has 0 saturated heterocycles. The first-order chi connectivity index (χ1) is 11.8. The number of thiazole rings is 1. The zero-order chi connectivity index (χ0) is 18.2. The summed E-state index contributed by atoms with van der Waals surface area (Å²) in [6.07, 6.45) is 0. The average molecular weight is 375 g/mol. The summed E-state index contributed by atoms with van der Waals surface area (Å²) in [7, 11) is 1.57. The van der Waals surface area contributed by atoms with Crippen molar-refractivity contribution in [1.29, 1.82) is 0 Å². The molecule has 25 heavy (non-hydrogen) atoms. The normalized spacial score (nSPS) is 11.6. The van der Waals surface area contributed by atoms with Gasteiger partial charge in [0.15, 0.2) is 5.13 Å². The van der Waals surface area contributed by atoms with Crippen molar-refractivity contribution in [1.82, 2.24) is 4.98 Å². The third kappa shape index (κ3) is 3.78. The first-order valence-electron chi connectivity index (χ1n) is 7.84. The van der Waals surface area contributed by atoms with Crippen molar-refractivity contribution < 1.29 is 9.53 Å². The molecule has 1 aromatic heterocycles. The number of amides is 1. The number of fused-ring (bicyclic) bond motifs is 1. The Kier molecular flexibility index (Phi) is 4.71. The molecular formula is C19H19ClN2O2S. The molecule has 130 valence electrons. The summed E-state index contributed by atoms with van der Waals surface area (Å²) in [6.45, 7) is 6.42. The first kappa shape index (κ1) is 17.7. The zero-order valence-electron chi connectivity index (χ0n) is 14.5. The van der Waals surface area contributed by atoms with Gasteiger partial charge in [-0.25, -0.2) is 4.98 Å². The minimum absolute atomic E-state index is 0.0559. The van der Waals surface area contributed by atoms with Crippen LogP contribution in [0.2, 0.25) is 5.02 Å². The molecule has 6 heteroatoms. The highest BCUT2D eigenvalue weighted by Crippen LogP contribution is 2.34. The number of rotatable bonds is 3. The fraction of sp³-hybridized carbons (Fsp3) is 0.263. The van der Waals surface area contributed by atoms with Crippen molar-refractivity contribution in [2.75, 3.05) is 12.4 Å². The maximum Gasteiger partial charge on any atom is 0.257 e. The molecule has 2 aromatic carbocycles. The van der Waals surface area contributed by atoms with Gasteiger partial charge in [0.25, 0.3) is 5.91 Å². The van der Waals surface area contributed by atoms with Crippen molar-refractivity contribution in [2.24, 2.45) is 0 Å². The largest absolute Gasteiger partial charge is 0.495 e. The van der Waals surface area contributed by atoms with Gasteiger partial charge in [-0.2, -0.15) is 0 Å². The van der Waals surface area contributed by atoms with Crippen molar-refractivity contribution >= 4 is 44.2 Å². The Bertz CT molecular complexity index is 927. The SMILES string of the molecule is COc1cc2sc(NC(=O)c3ccc(C(C)(C)C)cc3)nc2cc1Cl. The third-order valence-corrected chi connectivity index (χ3v) is 5.12. The molecule has 0 saturated carbocycles. The van der Waals surface area contributed by atoms with Gasteiger partial charge in [0.1, 0.15) is 5.75 Å². The van der Waals surface area contributed by atoms with Crippen LogP contribution >= 0.6 is 22.9 Å². The molecule has 0 atom stereocenters. The lowest BCUT2D eigenvalue weighted by molar-refractivity contribution is 0.102. The van der Waals surface area contributed by atoms with Gasteiger partial charge in [0.2, 0.25) is 0 Å². The number of halogens is 1. The number of carbonyl (C=O) groups is 1. The second kappa shape index (κ2) is 6.65. The second-order valence-corrected chi connectivity index (χ2v) is 8.19. The summed E-state index contributed by atoms with van der Waals surface area (Å²) >= 11 is 7.50. The van der Waals surface area contributed by atoms with E-state index < -0.39 is 0 Å². The molecule has 1 N–H and O–H groups in total. The Hall–Kier alpha value is -2.11. The van der Waals surface area contributed by atoms with Crippen LogP contribution in [0.1, 0.15) is 36.7 Å². The first-order valence-corrected chi connectivity index (χ1v) is 9.03. The van der Waals surface area contributed by atoms with E-state index in [0.29, 0.717) is 21.5 Å². The Morgan fingerprint density at radius 2 is 1.88 bits per heavy atom. The zero-order valence-corrected chi connectivity index (χ0v) is 16.1. The van der Waals surface area contributed by atoms with Crippen LogP contribution in [0.15, 0.2) is 36.4 Å². The Morgan fingerprint density at radius 1 is 1.20 bits per heavy atom. The van der Waals surface area contributed by atoms with Gasteiger partial charge >= 0.3 is 0 Å². The van der Waals surface area contributed by atoms with E-state index in [2.05, 4.69) is 31.1 Å². The van der Waals surface area contributed by atoms with Crippen LogP contribution in [-0.2, 0) is 5.41 Å². The van der Waals surface area contributed by atoms with Gasteiger partial charge in [-0.3, -0.25) is 10.1 Å². The summed E-state index contributed by atoms with van der Waals surface area (Å²) in [5, 5.41) is 3.88. The number of ether oxygens (including phenoxy) is 1. The molecule has 0 radical (unpaired) electrons. The number of anilines is 1. The van der Waals surface area contributed by atoms with Crippen molar-refractivity contribution in [3.05, 3.63) is 52.5 Å². The molecule has 1 amide bonds. The van der Waals surface area contributed by atoms with E-state index in [1.165, 1.54) is 16.9 Å². The van der Waals surface area contributed by atoms with E-state index in [4.69, 9.17) is 16.3 Å². The number of nitrogens with one attached hydrogen (secondary N) is 1. The molecule has 4 nitrogen and oxygen atoms in total. The second-order valence-electron chi connectivity index (χ2n) is 6.75. The summed E-state index contributed by atoms with van der Waals surface area (Å²) in [5.41, 5.74) is 2.57. The van der Waals surface area contributed by atoms with Crippen LogP contribution in [0.5, 0.6) is 5.75 Å². The maximum atomic E-state index is 12.4. The molecule has 3 aromatic rings. The molecule has 0 aliphatic heterocycles. The highest BCUT2D eigenvalue weighted by Gasteiger charge is 2.15. The topological polar surface area (TPSA) is 51.2 Å². The number of nitrogens with zero attached hydrogens (tertiary/aromatic N) is 1. The van der Waals surface area contributed by atoms with Crippen LogP contribution in [0.3, 0.4) is 0 Å². The minimum Gasteiger partial charge on any atom is -0.495 e. The van der Waals surface area contributed by atoms with Crippen LogP contribution in [-0.4, -0.2) is 18.0 Å². The van der Waals surface area contributed by atoms with Gasteiger partial charge in [-0.05, 0) is 29.2 Å². The van der Waals surface area contributed by atoms with Crippen LogP contribution in [0.25, 0.3) is 10.2 Å². The number of carbonyl (C=O) groups excluding carboxylic acids is 1. The lowest BCUT2D eigenvalue weighted by atomic mass is 9.87. The minimum atomic E-state index is -0.183. The molecule has 0 bridgehead atoms. The number of methoxy groups -OCH3 is 1. The number of hydrogen-bond donors (Lipinski definition) is 1. The maximum absolute atomic E-state index is 12.4. The fourth-order valence-corrected chi connectivity index (χ4v) is 3.54. The average Bonchev–Trinajstić information content (AvgIpc) is 2.94. The van der Waals surface area contributed by atoms with E-state index in [1.54, 1.807) is 13.2 Å². The van der Waals surface area contributed by atoms with Gasteiger partial charge in [-0.15, -0.1) is 0 Å². The van der Waals surface area contributed by atoms with Gasteiger partial charge in [-0.1, -0.05) is 55.8 Å². The smallest absolute Gasteiger partial charge is 0.257 e. The summed E-state index contributed by atoms with van der Waals surface area (Å²) in [4.78, 5) is 16.9. The number of aromatic nitrogens is 1. The highest BCUT2D eigenvalue weighted by molar-refractivity contribution is 7.22. The molecule has 0 unspecified atom stereocenters. The van der Waals surface area contributed by atoms with E-state index >= 15 is 0 Å². The highest BCUT2D eigenvalue weighted by atomic mass is 35.5.